The van der Waals surface area contributed by atoms with Gasteiger partial charge in [0.1, 0.15) is 5.01 Å². The van der Waals surface area contributed by atoms with E-state index in [9.17, 15) is 4.79 Å². The summed E-state index contributed by atoms with van der Waals surface area (Å²) < 4.78 is 0. The molecule has 2 aromatic rings. The average Bonchev–Trinajstić information content (AvgIpc) is 3.26. The van der Waals surface area contributed by atoms with Crippen molar-refractivity contribution in [1.29, 1.82) is 0 Å². The smallest absolute Gasteiger partial charge is 0.272 e. The Morgan fingerprint density at radius 3 is 2.76 bits per heavy atom. The second-order valence-electron chi connectivity index (χ2n) is 6.49. The summed E-state index contributed by atoms with van der Waals surface area (Å²) in [5, 5.41) is 17.0. The van der Waals surface area contributed by atoms with Crippen molar-refractivity contribution >= 4 is 42.1 Å². The second kappa shape index (κ2) is 8.03. The van der Waals surface area contributed by atoms with Crippen LogP contribution in [0.3, 0.4) is 0 Å². The lowest BCUT2D eigenvalue weighted by atomic mass is 9.97. The molecule has 3 N–H and O–H groups in total. The van der Waals surface area contributed by atoms with Crippen LogP contribution in [0.2, 0.25) is 0 Å². The lowest BCUT2D eigenvalue weighted by Gasteiger charge is -2.28. The number of nitrogens with one attached hydrogen (secondary N) is 3. The SMILES string of the molecule is Cc1csc(C2(NC(=O)c3n[nH]c4c3CNCC4)CCCC2)n1.Cl.Cl. The molecule has 0 radical (unpaired) electrons. The monoisotopic (exact) mass is 403 g/mol. The standard InChI is InChI=1S/C16H21N5OS.2ClH/c1-10-9-23-15(18-10)16(5-2-3-6-16)19-14(22)13-11-8-17-7-4-12(11)20-21-13;;/h9,17H,2-8H2,1H3,(H,19,22)(H,20,21);2*1H. The summed E-state index contributed by atoms with van der Waals surface area (Å²) in [6.07, 6.45) is 5.05. The maximum atomic E-state index is 12.9. The number of carbonyl (C=O) groups excluding carboxylic acids is 1. The van der Waals surface area contributed by atoms with Crippen molar-refractivity contribution in [2.45, 2.75) is 51.1 Å². The Balaban J connectivity index is 0.00000113. The fraction of sp³-hybridized carbons (Fsp3) is 0.562. The Labute approximate surface area is 163 Å². The number of aromatic nitrogens is 3. The fourth-order valence-corrected chi connectivity index (χ4v) is 4.65. The molecule has 0 saturated heterocycles. The van der Waals surface area contributed by atoms with Crippen LogP contribution in [0.4, 0.5) is 0 Å². The van der Waals surface area contributed by atoms with Crippen LogP contribution in [0.1, 0.15) is 58.1 Å². The highest BCUT2D eigenvalue weighted by molar-refractivity contribution is 7.09. The molecule has 1 aliphatic carbocycles. The molecule has 9 heteroatoms. The van der Waals surface area contributed by atoms with Crippen molar-refractivity contribution in [2.75, 3.05) is 6.54 Å². The third-order valence-electron chi connectivity index (χ3n) is 4.86. The Morgan fingerprint density at radius 1 is 1.32 bits per heavy atom. The zero-order valence-corrected chi connectivity index (χ0v) is 16.5. The van der Waals surface area contributed by atoms with E-state index in [1.54, 1.807) is 11.3 Å². The van der Waals surface area contributed by atoms with E-state index in [0.29, 0.717) is 12.2 Å². The number of rotatable bonds is 3. The van der Waals surface area contributed by atoms with E-state index < -0.39 is 0 Å². The van der Waals surface area contributed by atoms with Crippen LogP contribution in [0, 0.1) is 6.92 Å². The van der Waals surface area contributed by atoms with Crippen LogP contribution in [0.15, 0.2) is 5.38 Å². The highest BCUT2D eigenvalue weighted by atomic mass is 35.5. The zero-order valence-electron chi connectivity index (χ0n) is 14.1. The van der Waals surface area contributed by atoms with Gasteiger partial charge in [0, 0.05) is 41.8 Å². The number of amides is 1. The van der Waals surface area contributed by atoms with Gasteiger partial charge in [0.15, 0.2) is 5.69 Å². The maximum Gasteiger partial charge on any atom is 0.272 e. The van der Waals surface area contributed by atoms with E-state index in [2.05, 4.69) is 31.2 Å². The van der Waals surface area contributed by atoms with Gasteiger partial charge in [-0.15, -0.1) is 36.2 Å². The Kier molecular flexibility index (Phi) is 6.48. The van der Waals surface area contributed by atoms with E-state index in [0.717, 1.165) is 60.6 Å². The summed E-state index contributed by atoms with van der Waals surface area (Å²) >= 11 is 1.65. The molecular formula is C16H23Cl2N5OS. The highest BCUT2D eigenvalue weighted by Crippen LogP contribution is 2.40. The summed E-state index contributed by atoms with van der Waals surface area (Å²) in [6.45, 7) is 3.64. The molecule has 4 rings (SSSR count). The molecule has 1 saturated carbocycles. The predicted octanol–water partition coefficient (Wildman–Crippen LogP) is 2.86. The van der Waals surface area contributed by atoms with E-state index >= 15 is 0 Å². The van der Waals surface area contributed by atoms with Gasteiger partial charge in [0.2, 0.25) is 0 Å². The lowest BCUT2D eigenvalue weighted by molar-refractivity contribution is 0.0891. The molecular weight excluding hydrogens is 381 g/mol. The van der Waals surface area contributed by atoms with Gasteiger partial charge in [-0.25, -0.2) is 4.98 Å². The summed E-state index contributed by atoms with van der Waals surface area (Å²) in [4.78, 5) is 17.5. The van der Waals surface area contributed by atoms with Crippen LogP contribution in [-0.4, -0.2) is 27.6 Å². The van der Waals surface area contributed by atoms with Crippen molar-refractivity contribution in [2.24, 2.45) is 0 Å². The van der Waals surface area contributed by atoms with Crippen molar-refractivity contribution in [3.63, 3.8) is 0 Å². The normalized spacial score (nSPS) is 18.0. The van der Waals surface area contributed by atoms with Gasteiger partial charge in [-0.1, -0.05) is 12.8 Å². The molecule has 0 unspecified atom stereocenters. The first kappa shape index (κ1) is 20.2. The molecule has 1 amide bonds. The third-order valence-corrected chi connectivity index (χ3v) is 6.02. The van der Waals surface area contributed by atoms with Gasteiger partial charge >= 0.3 is 0 Å². The summed E-state index contributed by atoms with van der Waals surface area (Å²) in [5.74, 6) is -0.0825. The minimum atomic E-state index is -0.316. The largest absolute Gasteiger partial charge is 0.339 e. The Hall–Kier alpha value is -1.15. The molecule has 1 fully saturated rings. The van der Waals surface area contributed by atoms with Crippen LogP contribution in [0.5, 0.6) is 0 Å². The first-order valence-electron chi connectivity index (χ1n) is 8.20. The molecule has 0 atom stereocenters. The molecule has 3 heterocycles. The molecule has 2 aliphatic rings. The van der Waals surface area contributed by atoms with E-state index in [-0.39, 0.29) is 36.3 Å². The maximum absolute atomic E-state index is 12.9. The van der Waals surface area contributed by atoms with Gasteiger partial charge in [-0.3, -0.25) is 9.89 Å². The van der Waals surface area contributed by atoms with Crippen molar-refractivity contribution in [1.82, 2.24) is 25.8 Å². The molecule has 1 aliphatic heterocycles. The molecule has 0 aromatic carbocycles. The topological polar surface area (TPSA) is 82.7 Å². The van der Waals surface area contributed by atoms with Crippen LogP contribution in [0.25, 0.3) is 0 Å². The Bertz CT molecular complexity index is 739. The number of aryl methyl sites for hydroxylation is 1. The predicted molar refractivity (Wildman–Crippen MR) is 103 cm³/mol. The number of carbonyl (C=O) groups is 1. The summed E-state index contributed by atoms with van der Waals surface area (Å²) in [6, 6.07) is 0. The first-order valence-corrected chi connectivity index (χ1v) is 9.08. The number of aromatic amines is 1. The second-order valence-corrected chi connectivity index (χ2v) is 7.35. The molecule has 6 nitrogen and oxygen atoms in total. The quantitative estimate of drug-likeness (QED) is 0.735. The molecule has 0 bridgehead atoms. The van der Waals surface area contributed by atoms with Crippen molar-refractivity contribution in [3.8, 4) is 0 Å². The van der Waals surface area contributed by atoms with Crippen molar-refractivity contribution in [3.05, 3.63) is 33.0 Å². The van der Waals surface area contributed by atoms with Gasteiger partial charge in [0.05, 0.1) is 5.54 Å². The van der Waals surface area contributed by atoms with Gasteiger partial charge < -0.3 is 10.6 Å². The Morgan fingerprint density at radius 2 is 2.08 bits per heavy atom. The summed E-state index contributed by atoms with van der Waals surface area (Å²) in [7, 11) is 0. The summed E-state index contributed by atoms with van der Waals surface area (Å²) in [5.41, 5.74) is 3.33. The van der Waals surface area contributed by atoms with Crippen LogP contribution in [-0.2, 0) is 18.5 Å². The molecule has 25 heavy (non-hydrogen) atoms. The van der Waals surface area contributed by atoms with Gasteiger partial charge in [0.25, 0.3) is 5.91 Å². The zero-order chi connectivity index (χ0) is 15.9. The number of halogens is 2. The third kappa shape index (κ3) is 3.69. The van der Waals surface area contributed by atoms with Gasteiger partial charge in [-0.05, 0) is 19.8 Å². The highest BCUT2D eigenvalue weighted by Gasteiger charge is 2.40. The fourth-order valence-electron chi connectivity index (χ4n) is 3.63. The number of H-pyrrole nitrogens is 1. The number of hydrogen-bond acceptors (Lipinski definition) is 5. The van der Waals surface area contributed by atoms with E-state index in [1.165, 1.54) is 0 Å². The van der Waals surface area contributed by atoms with Crippen LogP contribution < -0.4 is 10.6 Å². The molecule has 138 valence electrons. The van der Waals surface area contributed by atoms with Gasteiger partial charge in [-0.2, -0.15) is 5.10 Å². The number of nitrogens with zero attached hydrogens (tertiary/aromatic N) is 2. The molecule has 2 aromatic heterocycles. The molecule has 0 spiro atoms. The van der Waals surface area contributed by atoms with E-state index in [4.69, 9.17) is 0 Å². The number of fused-ring (bicyclic) bond motifs is 1. The van der Waals surface area contributed by atoms with Crippen LogP contribution >= 0.6 is 36.2 Å². The first-order chi connectivity index (χ1) is 11.2. The van der Waals surface area contributed by atoms with Crippen molar-refractivity contribution < 1.29 is 4.79 Å². The minimum Gasteiger partial charge on any atom is -0.339 e. The average molecular weight is 404 g/mol. The minimum absolute atomic E-state index is 0. The van der Waals surface area contributed by atoms with E-state index in [1.807, 2.05) is 6.92 Å². The number of thiazole rings is 1. The lowest BCUT2D eigenvalue weighted by Crippen LogP contribution is -2.44. The number of hydrogen-bond donors (Lipinski definition) is 3.